The van der Waals surface area contributed by atoms with E-state index in [1.54, 1.807) is 0 Å². The van der Waals surface area contributed by atoms with Crippen LogP contribution in [0.2, 0.25) is 0 Å². The van der Waals surface area contributed by atoms with Crippen LogP contribution in [0.1, 0.15) is 61.3 Å². The molecule has 0 aliphatic carbocycles. The van der Waals surface area contributed by atoms with Gasteiger partial charge in [0.1, 0.15) is 6.04 Å². The molecule has 118 valence electrons. The number of aliphatic carboxylic acids is 1. The maximum Gasteiger partial charge on any atom is 0.326 e. The van der Waals surface area contributed by atoms with Crippen LogP contribution in [0.5, 0.6) is 0 Å². The molecule has 0 saturated heterocycles. The van der Waals surface area contributed by atoms with Gasteiger partial charge in [-0.3, -0.25) is 0 Å². The van der Waals surface area contributed by atoms with E-state index < -0.39 is 18.0 Å². The molecule has 0 spiro atoms. The topological polar surface area (TPSA) is 78.4 Å². The first-order valence-electron chi connectivity index (χ1n) is 7.19. The Balaban J connectivity index is 4.64. The Bertz CT molecular complexity index is 346. The quantitative estimate of drug-likeness (QED) is 0.702. The Morgan fingerprint density at radius 3 is 2.00 bits per heavy atom. The van der Waals surface area contributed by atoms with Gasteiger partial charge in [0.2, 0.25) is 0 Å². The molecule has 0 aromatic heterocycles. The van der Waals surface area contributed by atoms with Gasteiger partial charge in [0.15, 0.2) is 0 Å². The first-order chi connectivity index (χ1) is 8.88. The monoisotopic (exact) mass is 286 g/mol. The summed E-state index contributed by atoms with van der Waals surface area (Å²) in [5.41, 5.74) is -0.305. The molecule has 5 heteroatoms. The van der Waals surface area contributed by atoms with Crippen LogP contribution in [0.15, 0.2) is 0 Å². The van der Waals surface area contributed by atoms with E-state index in [2.05, 4.69) is 31.4 Å². The number of nitrogens with one attached hydrogen (secondary N) is 2. The molecule has 2 amide bonds. The van der Waals surface area contributed by atoms with Gasteiger partial charge in [0.25, 0.3) is 0 Å². The highest BCUT2D eigenvalue weighted by molar-refractivity contribution is 5.83. The Labute approximate surface area is 122 Å². The fraction of sp³-hybridized carbons (Fsp3) is 0.867. The van der Waals surface area contributed by atoms with Crippen molar-refractivity contribution in [1.29, 1.82) is 0 Å². The van der Waals surface area contributed by atoms with Crippen molar-refractivity contribution in [3.05, 3.63) is 0 Å². The van der Waals surface area contributed by atoms with E-state index in [1.807, 2.05) is 27.7 Å². The van der Waals surface area contributed by atoms with Gasteiger partial charge in [0.05, 0.1) is 0 Å². The van der Waals surface area contributed by atoms with E-state index in [-0.39, 0.29) is 16.9 Å². The van der Waals surface area contributed by atoms with Crippen molar-refractivity contribution in [3.63, 3.8) is 0 Å². The van der Waals surface area contributed by atoms with Crippen LogP contribution in [0.4, 0.5) is 4.79 Å². The number of hydrogen-bond acceptors (Lipinski definition) is 2. The van der Waals surface area contributed by atoms with Gasteiger partial charge in [-0.2, -0.15) is 0 Å². The zero-order valence-corrected chi connectivity index (χ0v) is 13.8. The number of urea groups is 1. The first-order valence-corrected chi connectivity index (χ1v) is 7.19. The third-order valence-corrected chi connectivity index (χ3v) is 3.19. The Morgan fingerprint density at radius 1 is 1.15 bits per heavy atom. The van der Waals surface area contributed by atoms with Crippen LogP contribution in [0.3, 0.4) is 0 Å². The summed E-state index contributed by atoms with van der Waals surface area (Å²) in [4.78, 5) is 23.2. The molecule has 0 saturated carbocycles. The minimum Gasteiger partial charge on any atom is -0.480 e. The molecule has 2 atom stereocenters. The minimum atomic E-state index is -0.997. The Kier molecular flexibility index (Phi) is 6.51. The molecule has 0 heterocycles. The summed E-state index contributed by atoms with van der Waals surface area (Å²) < 4.78 is 0. The predicted molar refractivity (Wildman–Crippen MR) is 80.7 cm³/mol. The van der Waals surface area contributed by atoms with E-state index in [1.165, 1.54) is 0 Å². The fourth-order valence-corrected chi connectivity index (χ4v) is 2.54. The molecule has 0 rings (SSSR count). The lowest BCUT2D eigenvalue weighted by Gasteiger charge is -2.34. The van der Waals surface area contributed by atoms with E-state index >= 15 is 0 Å². The highest BCUT2D eigenvalue weighted by Gasteiger charge is 2.30. The van der Waals surface area contributed by atoms with Crippen molar-refractivity contribution < 1.29 is 14.7 Å². The number of amides is 2. The summed E-state index contributed by atoms with van der Waals surface area (Å²) in [7, 11) is 0. The Hall–Kier alpha value is -1.26. The van der Waals surface area contributed by atoms with Crippen molar-refractivity contribution >= 4 is 12.0 Å². The van der Waals surface area contributed by atoms with Gasteiger partial charge in [-0.25, -0.2) is 9.59 Å². The molecule has 0 fully saturated rings. The van der Waals surface area contributed by atoms with Crippen molar-refractivity contribution in [2.45, 2.75) is 72.9 Å². The molecule has 0 aliphatic heterocycles. The highest BCUT2D eigenvalue weighted by Crippen LogP contribution is 2.26. The lowest BCUT2D eigenvalue weighted by Crippen LogP contribution is -2.55. The van der Waals surface area contributed by atoms with Crippen LogP contribution >= 0.6 is 0 Å². The average Bonchev–Trinajstić information content (AvgIpc) is 2.19. The second-order valence-electron chi connectivity index (χ2n) is 7.42. The number of rotatable bonds is 6. The zero-order chi connectivity index (χ0) is 16.1. The maximum atomic E-state index is 12.0. The molecule has 0 unspecified atom stereocenters. The number of carboxylic acid groups (broad SMARTS) is 1. The lowest BCUT2D eigenvalue weighted by atomic mass is 9.82. The van der Waals surface area contributed by atoms with Crippen LogP contribution in [0, 0.1) is 11.3 Å². The number of carbonyl (C=O) groups is 2. The normalized spacial score (nSPS) is 15.3. The smallest absolute Gasteiger partial charge is 0.326 e. The van der Waals surface area contributed by atoms with Crippen molar-refractivity contribution in [1.82, 2.24) is 10.6 Å². The summed E-state index contributed by atoms with van der Waals surface area (Å²) >= 11 is 0. The SMILES string of the molecule is CC[C@H](C)[C@H](NC(=O)NC(C)(C)CC(C)(C)C)C(=O)O. The lowest BCUT2D eigenvalue weighted by molar-refractivity contribution is -0.140. The van der Waals surface area contributed by atoms with Crippen LogP contribution in [0.25, 0.3) is 0 Å². The second-order valence-corrected chi connectivity index (χ2v) is 7.42. The molecular formula is C15H30N2O3. The molecule has 0 aromatic rings. The summed E-state index contributed by atoms with van der Waals surface area (Å²) in [6, 6.07) is -1.28. The third kappa shape index (κ3) is 7.36. The average molecular weight is 286 g/mol. The van der Waals surface area contributed by atoms with Gasteiger partial charge in [-0.05, 0) is 31.6 Å². The number of hydrogen-bond donors (Lipinski definition) is 3. The van der Waals surface area contributed by atoms with Gasteiger partial charge in [0, 0.05) is 5.54 Å². The molecule has 3 N–H and O–H groups in total. The number of carbonyl (C=O) groups excluding carboxylic acids is 1. The van der Waals surface area contributed by atoms with E-state index in [9.17, 15) is 9.59 Å². The van der Waals surface area contributed by atoms with E-state index in [0.717, 1.165) is 6.42 Å². The fourth-order valence-electron chi connectivity index (χ4n) is 2.54. The molecule has 0 bridgehead atoms. The summed E-state index contributed by atoms with van der Waals surface area (Å²) in [5.74, 6) is -1.10. The van der Waals surface area contributed by atoms with Crippen molar-refractivity contribution in [2.24, 2.45) is 11.3 Å². The molecular weight excluding hydrogens is 256 g/mol. The second kappa shape index (κ2) is 6.95. The van der Waals surface area contributed by atoms with Gasteiger partial charge in [-0.15, -0.1) is 0 Å². The largest absolute Gasteiger partial charge is 0.480 e. The predicted octanol–water partition coefficient (Wildman–Crippen LogP) is 3.00. The van der Waals surface area contributed by atoms with Crippen molar-refractivity contribution in [2.75, 3.05) is 0 Å². The van der Waals surface area contributed by atoms with Crippen molar-refractivity contribution in [3.8, 4) is 0 Å². The Morgan fingerprint density at radius 2 is 1.65 bits per heavy atom. The maximum absolute atomic E-state index is 12.0. The summed E-state index contributed by atoms with van der Waals surface area (Å²) in [6.07, 6.45) is 1.50. The minimum absolute atomic E-state index is 0.0830. The molecule has 0 radical (unpaired) electrons. The van der Waals surface area contributed by atoms with Crippen LogP contribution in [-0.4, -0.2) is 28.7 Å². The highest BCUT2D eigenvalue weighted by atomic mass is 16.4. The molecule has 0 aliphatic rings. The van der Waals surface area contributed by atoms with Crippen LogP contribution < -0.4 is 10.6 Å². The van der Waals surface area contributed by atoms with E-state index in [4.69, 9.17) is 5.11 Å². The standard InChI is InChI=1S/C15H30N2O3/c1-8-10(2)11(12(18)19)16-13(20)17-15(6,7)9-14(3,4)5/h10-11H,8-9H2,1-7H3,(H,18,19)(H2,16,17,20)/t10-,11-/m0/s1. The summed E-state index contributed by atoms with van der Waals surface area (Å²) in [6.45, 7) is 13.9. The molecule has 5 nitrogen and oxygen atoms in total. The van der Waals surface area contributed by atoms with Crippen LogP contribution in [-0.2, 0) is 4.79 Å². The number of carboxylic acids is 1. The first kappa shape index (κ1) is 18.7. The molecule has 0 aromatic carbocycles. The third-order valence-electron chi connectivity index (χ3n) is 3.19. The van der Waals surface area contributed by atoms with E-state index in [0.29, 0.717) is 6.42 Å². The van der Waals surface area contributed by atoms with Gasteiger partial charge in [-0.1, -0.05) is 41.0 Å². The zero-order valence-electron chi connectivity index (χ0n) is 13.8. The van der Waals surface area contributed by atoms with Gasteiger partial charge < -0.3 is 15.7 Å². The van der Waals surface area contributed by atoms with Gasteiger partial charge >= 0.3 is 12.0 Å². The summed E-state index contributed by atoms with van der Waals surface area (Å²) in [5, 5.41) is 14.6. The molecule has 20 heavy (non-hydrogen) atoms.